The molecule has 1 aliphatic heterocycles. The van der Waals surface area contributed by atoms with Crippen LogP contribution in [0.3, 0.4) is 0 Å². The number of rotatable bonds is 9. The van der Waals surface area contributed by atoms with Gasteiger partial charge < -0.3 is 18.9 Å². The molecule has 2 aromatic carbocycles. The van der Waals surface area contributed by atoms with E-state index in [9.17, 15) is 0 Å². The van der Waals surface area contributed by atoms with Gasteiger partial charge in [0.25, 0.3) is 0 Å². The second-order valence-electron chi connectivity index (χ2n) is 12.6. The third-order valence-electron chi connectivity index (χ3n) is 8.54. The fourth-order valence-electron chi connectivity index (χ4n) is 5.28. The Labute approximate surface area is 267 Å². The Kier molecular flexibility index (Phi) is 7.55. The van der Waals surface area contributed by atoms with Crippen LogP contribution in [0.1, 0.15) is 18.8 Å². The van der Waals surface area contributed by atoms with Crippen LogP contribution in [-0.2, 0) is 11.5 Å². The van der Waals surface area contributed by atoms with E-state index in [4.69, 9.17) is 31.0 Å². The van der Waals surface area contributed by atoms with Gasteiger partial charge in [-0.05, 0) is 50.2 Å². The highest BCUT2D eigenvalue weighted by atomic mass is 35.5. The molecule has 1 aliphatic rings. The first kappa shape index (κ1) is 29.4. The Hall–Kier alpha value is -4.32. The maximum absolute atomic E-state index is 6.90. The molecule has 1 atom stereocenters. The number of aromatic nitrogens is 7. The third-order valence-corrected chi connectivity index (χ3v) is 11.5. The molecule has 0 radical (unpaired) electrons. The van der Waals surface area contributed by atoms with Crippen molar-refractivity contribution in [1.29, 1.82) is 0 Å². The van der Waals surface area contributed by atoms with Gasteiger partial charge in [-0.2, -0.15) is 5.10 Å². The van der Waals surface area contributed by atoms with Gasteiger partial charge in [-0.25, -0.2) is 15.0 Å². The molecular formula is C33H35ClN8O2Si. The second kappa shape index (κ2) is 11.6. The number of pyridine rings is 1. The first-order valence-corrected chi connectivity index (χ1v) is 19.0. The topological polar surface area (TPSA) is 96.0 Å². The summed E-state index contributed by atoms with van der Waals surface area (Å²) < 4.78 is 16.6. The highest BCUT2D eigenvalue weighted by Gasteiger charge is 2.30. The zero-order valence-corrected chi connectivity index (χ0v) is 27.7. The van der Waals surface area contributed by atoms with Gasteiger partial charge in [-0.1, -0.05) is 37.3 Å². The van der Waals surface area contributed by atoms with Gasteiger partial charge in [0.1, 0.15) is 40.4 Å². The van der Waals surface area contributed by atoms with Crippen molar-refractivity contribution in [2.75, 3.05) is 18.0 Å². The highest BCUT2D eigenvalue weighted by Crippen LogP contribution is 2.36. The first-order valence-electron chi connectivity index (χ1n) is 15.1. The zero-order chi connectivity index (χ0) is 31.3. The monoisotopic (exact) mass is 638 g/mol. The van der Waals surface area contributed by atoms with Crippen LogP contribution in [0.15, 0.2) is 73.3 Å². The Morgan fingerprint density at radius 3 is 2.60 bits per heavy atom. The Balaban J connectivity index is 1.10. The third kappa shape index (κ3) is 5.78. The lowest BCUT2D eigenvalue weighted by Crippen LogP contribution is -2.48. The molecule has 1 saturated heterocycles. The Bertz CT molecular complexity index is 2000. The maximum atomic E-state index is 6.90. The normalized spacial score (nSPS) is 14.7. The quantitative estimate of drug-likeness (QED) is 0.152. The van der Waals surface area contributed by atoms with Crippen molar-refractivity contribution in [2.45, 2.75) is 52.0 Å². The van der Waals surface area contributed by atoms with E-state index in [1.807, 2.05) is 78.7 Å². The van der Waals surface area contributed by atoms with E-state index in [-0.39, 0.29) is 11.8 Å². The van der Waals surface area contributed by atoms with Crippen LogP contribution >= 0.6 is 11.6 Å². The average Bonchev–Trinajstić information content (AvgIpc) is 3.60. The second-order valence-corrected chi connectivity index (χ2v) is 18.5. The van der Waals surface area contributed by atoms with Gasteiger partial charge >= 0.3 is 0 Å². The summed E-state index contributed by atoms with van der Waals surface area (Å²) in [7, 11) is -1.43. The maximum Gasteiger partial charge on any atom is 0.148 e. The molecular weight excluding hydrogens is 604 g/mol. The van der Waals surface area contributed by atoms with Gasteiger partial charge in [0.15, 0.2) is 0 Å². The number of imidazole rings is 1. The molecule has 0 saturated carbocycles. The zero-order valence-electron chi connectivity index (χ0n) is 26.0. The van der Waals surface area contributed by atoms with Crippen molar-refractivity contribution in [3.8, 4) is 22.8 Å². The summed E-state index contributed by atoms with van der Waals surface area (Å²) in [6.07, 6.45) is 7.40. The van der Waals surface area contributed by atoms with Gasteiger partial charge in [0, 0.05) is 42.8 Å². The average molecular weight is 639 g/mol. The smallest absolute Gasteiger partial charge is 0.148 e. The molecule has 0 spiro atoms. The molecule has 230 valence electrons. The lowest BCUT2D eigenvalue weighted by molar-refractivity contribution is 0.0578. The molecule has 6 aromatic rings. The summed E-state index contributed by atoms with van der Waals surface area (Å²) in [5, 5.41) is 5.02. The molecule has 12 heteroatoms. The predicted molar refractivity (Wildman–Crippen MR) is 180 cm³/mol. The Morgan fingerprint density at radius 1 is 1.00 bits per heavy atom. The standard InChI is InChI=1S/C33H35ClN8O2Si/c1-21-38-26-10-9-25(14-29(26)41(21)20-43-22(2)45(3,4)5)44-30-12-11-27-33(32(30)34)39-28(16-36-27)23-15-37-42(17-23)24-18-40(19-24)31-8-6-7-13-35-31/h6-17,22,24H,18-20H2,1-5H3. The number of halogens is 1. The molecule has 1 unspecified atom stereocenters. The summed E-state index contributed by atoms with van der Waals surface area (Å²) in [6.45, 7) is 13.2. The van der Waals surface area contributed by atoms with Crippen LogP contribution in [0.25, 0.3) is 33.3 Å². The number of fused-ring (bicyclic) bond motifs is 2. The fourth-order valence-corrected chi connectivity index (χ4v) is 6.09. The molecule has 0 amide bonds. The molecule has 5 heterocycles. The van der Waals surface area contributed by atoms with Crippen molar-refractivity contribution < 1.29 is 9.47 Å². The van der Waals surface area contributed by atoms with E-state index < -0.39 is 8.07 Å². The SMILES string of the molecule is Cc1nc2ccc(Oc3ccc4ncc(-c5cnn(C6CN(c7ccccn7)C6)c5)nc4c3Cl)cc2n1COC(C)[Si](C)(C)C. The van der Waals surface area contributed by atoms with Crippen LogP contribution < -0.4 is 9.64 Å². The van der Waals surface area contributed by atoms with Crippen LogP contribution in [-0.4, -0.2) is 61.2 Å². The number of hydrogen-bond acceptors (Lipinski definition) is 8. The van der Waals surface area contributed by atoms with Crippen LogP contribution in [0.5, 0.6) is 11.5 Å². The van der Waals surface area contributed by atoms with Gasteiger partial charge in [0.05, 0.1) is 48.8 Å². The minimum atomic E-state index is -1.43. The van der Waals surface area contributed by atoms with E-state index in [1.165, 1.54) is 0 Å². The van der Waals surface area contributed by atoms with Crippen molar-refractivity contribution in [1.82, 2.24) is 34.3 Å². The van der Waals surface area contributed by atoms with Gasteiger partial charge in [-0.3, -0.25) is 9.67 Å². The van der Waals surface area contributed by atoms with E-state index >= 15 is 0 Å². The number of benzene rings is 2. The minimum absolute atomic E-state index is 0.214. The van der Waals surface area contributed by atoms with Crippen LogP contribution in [0.4, 0.5) is 5.82 Å². The number of aryl methyl sites for hydroxylation is 1. The highest BCUT2D eigenvalue weighted by molar-refractivity contribution is 6.77. The summed E-state index contributed by atoms with van der Waals surface area (Å²) in [5.74, 6) is 3.02. The van der Waals surface area contributed by atoms with Crippen molar-refractivity contribution in [3.05, 3.63) is 84.2 Å². The van der Waals surface area contributed by atoms with Gasteiger partial charge in [0.2, 0.25) is 0 Å². The van der Waals surface area contributed by atoms with Crippen molar-refractivity contribution >= 4 is 47.6 Å². The van der Waals surface area contributed by atoms with E-state index in [1.54, 1.807) is 6.20 Å². The number of ether oxygens (including phenoxy) is 2. The van der Waals surface area contributed by atoms with Crippen molar-refractivity contribution in [2.24, 2.45) is 0 Å². The van der Waals surface area contributed by atoms with Crippen molar-refractivity contribution in [3.63, 3.8) is 0 Å². The van der Waals surface area contributed by atoms with Crippen LogP contribution in [0.2, 0.25) is 24.7 Å². The molecule has 10 nitrogen and oxygen atoms in total. The first-order chi connectivity index (χ1) is 21.6. The molecule has 7 rings (SSSR count). The number of hydrogen-bond donors (Lipinski definition) is 0. The molecule has 0 N–H and O–H groups in total. The minimum Gasteiger partial charge on any atom is -0.456 e. The van der Waals surface area contributed by atoms with Crippen LogP contribution in [0, 0.1) is 6.92 Å². The largest absolute Gasteiger partial charge is 0.456 e. The van der Waals surface area contributed by atoms with E-state index in [2.05, 4.69) is 51.1 Å². The summed E-state index contributed by atoms with van der Waals surface area (Å²) >= 11 is 6.90. The molecule has 0 bridgehead atoms. The fraction of sp³-hybridized carbons (Fsp3) is 0.303. The molecule has 1 fully saturated rings. The summed E-state index contributed by atoms with van der Waals surface area (Å²) in [4.78, 5) is 20.9. The Morgan fingerprint density at radius 2 is 1.82 bits per heavy atom. The lowest BCUT2D eigenvalue weighted by Gasteiger charge is -2.40. The van der Waals surface area contributed by atoms with Gasteiger partial charge in [-0.15, -0.1) is 0 Å². The molecule has 0 aliphatic carbocycles. The summed E-state index contributed by atoms with van der Waals surface area (Å²) in [5.41, 5.74) is 4.87. The number of nitrogens with zero attached hydrogens (tertiary/aromatic N) is 8. The van der Waals surface area contributed by atoms with E-state index in [0.717, 1.165) is 41.3 Å². The lowest BCUT2D eigenvalue weighted by atomic mass is 10.1. The summed E-state index contributed by atoms with van der Waals surface area (Å²) in [6, 6.07) is 15.8. The predicted octanol–water partition coefficient (Wildman–Crippen LogP) is 7.29. The number of anilines is 1. The van der Waals surface area contributed by atoms with E-state index in [0.29, 0.717) is 40.0 Å². The molecule has 4 aromatic heterocycles. The molecule has 45 heavy (non-hydrogen) atoms.